The van der Waals surface area contributed by atoms with E-state index < -0.39 is 0 Å². The van der Waals surface area contributed by atoms with Crippen LogP contribution in [0.2, 0.25) is 0 Å². The predicted octanol–water partition coefficient (Wildman–Crippen LogP) is 3.63. The summed E-state index contributed by atoms with van der Waals surface area (Å²) in [6.45, 7) is 3.19. The van der Waals surface area contributed by atoms with Crippen molar-refractivity contribution in [2.24, 2.45) is 0 Å². The molecule has 1 nitrogen and oxygen atoms in total. The standard InChI is InChI=1S/C15H15N/c1-11-5-7-12(8-6-11)13-3-2-4-15-14(13)9-10-16-15/h2-8,16H,9-10H2,1H3. The summed E-state index contributed by atoms with van der Waals surface area (Å²) in [7, 11) is 0. The van der Waals surface area contributed by atoms with Crippen molar-refractivity contribution in [1.29, 1.82) is 0 Å². The first-order valence-corrected chi connectivity index (χ1v) is 5.77. The first-order chi connectivity index (χ1) is 7.84. The van der Waals surface area contributed by atoms with Crippen molar-refractivity contribution in [1.82, 2.24) is 0 Å². The first-order valence-electron chi connectivity index (χ1n) is 5.77. The SMILES string of the molecule is Cc1ccc(-c2cccc3c2CCN3)cc1. The molecule has 1 aliphatic heterocycles. The van der Waals surface area contributed by atoms with E-state index in [1.807, 2.05) is 0 Å². The summed E-state index contributed by atoms with van der Waals surface area (Å²) in [6, 6.07) is 15.3. The zero-order valence-electron chi connectivity index (χ0n) is 9.46. The highest BCUT2D eigenvalue weighted by Gasteiger charge is 2.14. The van der Waals surface area contributed by atoms with Gasteiger partial charge in [-0.25, -0.2) is 0 Å². The Bertz CT molecular complexity index is 511. The molecule has 0 aromatic heterocycles. The van der Waals surface area contributed by atoms with Gasteiger partial charge in [-0.1, -0.05) is 42.0 Å². The van der Waals surface area contributed by atoms with Gasteiger partial charge in [-0.2, -0.15) is 0 Å². The molecule has 1 heterocycles. The fraction of sp³-hybridized carbons (Fsp3) is 0.200. The summed E-state index contributed by atoms with van der Waals surface area (Å²) in [5.41, 5.74) is 6.78. The molecule has 0 bridgehead atoms. The van der Waals surface area contributed by atoms with E-state index in [4.69, 9.17) is 0 Å². The summed E-state index contributed by atoms with van der Waals surface area (Å²) < 4.78 is 0. The van der Waals surface area contributed by atoms with Crippen LogP contribution in [0.4, 0.5) is 5.69 Å². The Balaban J connectivity index is 2.13. The van der Waals surface area contributed by atoms with Crippen molar-refractivity contribution in [2.45, 2.75) is 13.3 Å². The Morgan fingerprint density at radius 1 is 1.00 bits per heavy atom. The molecule has 0 unspecified atom stereocenters. The Hall–Kier alpha value is -1.76. The maximum atomic E-state index is 3.42. The van der Waals surface area contributed by atoms with Gasteiger partial charge in [0.2, 0.25) is 0 Å². The summed E-state index contributed by atoms with van der Waals surface area (Å²) in [5, 5.41) is 3.42. The van der Waals surface area contributed by atoms with Crippen LogP contribution in [-0.4, -0.2) is 6.54 Å². The molecule has 1 N–H and O–H groups in total. The van der Waals surface area contributed by atoms with Crippen molar-refractivity contribution in [3.63, 3.8) is 0 Å². The third-order valence-electron chi connectivity index (χ3n) is 3.23. The molecule has 0 saturated carbocycles. The van der Waals surface area contributed by atoms with Gasteiger partial charge in [-0.05, 0) is 36.1 Å². The maximum absolute atomic E-state index is 3.42. The largest absolute Gasteiger partial charge is 0.384 e. The lowest BCUT2D eigenvalue weighted by molar-refractivity contribution is 1.11. The molecule has 1 heteroatoms. The van der Waals surface area contributed by atoms with Crippen LogP contribution in [0.15, 0.2) is 42.5 Å². The summed E-state index contributed by atoms with van der Waals surface area (Å²) in [6.07, 6.45) is 1.14. The third-order valence-corrected chi connectivity index (χ3v) is 3.23. The summed E-state index contributed by atoms with van der Waals surface area (Å²) in [5.74, 6) is 0. The number of hydrogen-bond acceptors (Lipinski definition) is 1. The summed E-state index contributed by atoms with van der Waals surface area (Å²) >= 11 is 0. The fourth-order valence-corrected chi connectivity index (χ4v) is 2.35. The van der Waals surface area contributed by atoms with E-state index in [1.165, 1.54) is 27.9 Å². The number of aryl methyl sites for hydroxylation is 1. The van der Waals surface area contributed by atoms with Gasteiger partial charge in [-0.15, -0.1) is 0 Å². The number of anilines is 1. The van der Waals surface area contributed by atoms with Gasteiger partial charge in [0.1, 0.15) is 0 Å². The number of benzene rings is 2. The third kappa shape index (κ3) is 1.49. The molecule has 1 aliphatic rings. The van der Waals surface area contributed by atoms with Gasteiger partial charge in [0.05, 0.1) is 0 Å². The van der Waals surface area contributed by atoms with Crippen molar-refractivity contribution >= 4 is 5.69 Å². The normalized spacial score (nSPS) is 13.3. The van der Waals surface area contributed by atoms with Crippen LogP contribution in [0.5, 0.6) is 0 Å². The van der Waals surface area contributed by atoms with Crippen LogP contribution < -0.4 is 5.32 Å². The molecule has 0 fully saturated rings. The van der Waals surface area contributed by atoms with Crippen LogP contribution in [-0.2, 0) is 6.42 Å². The van der Waals surface area contributed by atoms with E-state index in [0.29, 0.717) is 0 Å². The highest BCUT2D eigenvalue weighted by Crippen LogP contribution is 2.32. The Morgan fingerprint density at radius 2 is 1.81 bits per heavy atom. The van der Waals surface area contributed by atoms with E-state index in [0.717, 1.165) is 13.0 Å². The van der Waals surface area contributed by atoms with E-state index in [9.17, 15) is 0 Å². The highest BCUT2D eigenvalue weighted by atomic mass is 14.9. The Morgan fingerprint density at radius 3 is 2.62 bits per heavy atom. The molecule has 0 spiro atoms. The van der Waals surface area contributed by atoms with Crippen LogP contribution >= 0.6 is 0 Å². The smallest absolute Gasteiger partial charge is 0.0379 e. The number of hydrogen-bond donors (Lipinski definition) is 1. The Labute approximate surface area is 96.1 Å². The Kier molecular flexibility index (Phi) is 2.17. The topological polar surface area (TPSA) is 12.0 Å². The molecule has 2 aromatic carbocycles. The molecule has 0 atom stereocenters. The summed E-state index contributed by atoms with van der Waals surface area (Å²) in [4.78, 5) is 0. The van der Waals surface area contributed by atoms with Crippen molar-refractivity contribution in [3.8, 4) is 11.1 Å². The fourth-order valence-electron chi connectivity index (χ4n) is 2.35. The van der Waals surface area contributed by atoms with E-state index in [2.05, 4.69) is 54.7 Å². The van der Waals surface area contributed by atoms with Crippen LogP contribution in [0.3, 0.4) is 0 Å². The minimum absolute atomic E-state index is 1.07. The van der Waals surface area contributed by atoms with E-state index in [1.54, 1.807) is 0 Å². The first kappa shape index (κ1) is 9.46. The average Bonchev–Trinajstić information content (AvgIpc) is 2.78. The monoisotopic (exact) mass is 209 g/mol. The van der Waals surface area contributed by atoms with Gasteiger partial charge >= 0.3 is 0 Å². The molecule has 2 aromatic rings. The zero-order chi connectivity index (χ0) is 11.0. The van der Waals surface area contributed by atoms with Crippen molar-refractivity contribution in [3.05, 3.63) is 53.6 Å². The second-order valence-electron chi connectivity index (χ2n) is 4.37. The molecule has 0 amide bonds. The molecule has 3 rings (SSSR count). The molecule has 0 radical (unpaired) electrons. The van der Waals surface area contributed by atoms with Gasteiger partial charge in [0.15, 0.2) is 0 Å². The van der Waals surface area contributed by atoms with Gasteiger partial charge in [-0.3, -0.25) is 0 Å². The lowest BCUT2D eigenvalue weighted by Gasteiger charge is -2.08. The molecule has 16 heavy (non-hydrogen) atoms. The van der Waals surface area contributed by atoms with Crippen LogP contribution in [0.1, 0.15) is 11.1 Å². The van der Waals surface area contributed by atoms with Crippen molar-refractivity contribution in [2.75, 3.05) is 11.9 Å². The minimum atomic E-state index is 1.07. The second-order valence-corrected chi connectivity index (χ2v) is 4.37. The second kappa shape index (κ2) is 3.67. The molecular formula is C15H15N. The van der Waals surface area contributed by atoms with Gasteiger partial charge < -0.3 is 5.32 Å². The lowest BCUT2D eigenvalue weighted by atomic mass is 9.97. The lowest BCUT2D eigenvalue weighted by Crippen LogP contribution is -1.90. The number of fused-ring (bicyclic) bond motifs is 1. The van der Waals surface area contributed by atoms with Crippen LogP contribution in [0.25, 0.3) is 11.1 Å². The van der Waals surface area contributed by atoms with Crippen molar-refractivity contribution < 1.29 is 0 Å². The van der Waals surface area contributed by atoms with Crippen LogP contribution in [0, 0.1) is 6.92 Å². The number of nitrogens with one attached hydrogen (secondary N) is 1. The van der Waals surface area contributed by atoms with Gasteiger partial charge in [0, 0.05) is 12.2 Å². The predicted molar refractivity (Wildman–Crippen MR) is 68.8 cm³/mol. The van der Waals surface area contributed by atoms with E-state index in [-0.39, 0.29) is 0 Å². The molecular weight excluding hydrogens is 194 g/mol. The quantitative estimate of drug-likeness (QED) is 0.756. The average molecular weight is 209 g/mol. The van der Waals surface area contributed by atoms with Gasteiger partial charge in [0.25, 0.3) is 0 Å². The maximum Gasteiger partial charge on any atom is 0.0379 e. The molecule has 0 saturated heterocycles. The minimum Gasteiger partial charge on any atom is -0.384 e. The highest BCUT2D eigenvalue weighted by molar-refractivity contribution is 5.75. The molecule has 0 aliphatic carbocycles. The zero-order valence-corrected chi connectivity index (χ0v) is 9.46. The van der Waals surface area contributed by atoms with E-state index >= 15 is 0 Å². The molecule has 80 valence electrons. The number of rotatable bonds is 1.